The molecule has 0 rings (SSSR count). The Balaban J connectivity index is 3.25. The van der Waals surface area contributed by atoms with E-state index in [-0.39, 0.29) is 0 Å². The van der Waals surface area contributed by atoms with Gasteiger partial charge in [0.1, 0.15) is 0 Å². The predicted molar refractivity (Wildman–Crippen MR) is 46.0 cm³/mol. The Labute approximate surface area is 61.3 Å². The summed E-state index contributed by atoms with van der Waals surface area (Å²) in [6, 6.07) is 0. The summed E-state index contributed by atoms with van der Waals surface area (Å²) in [5.41, 5.74) is 1.82. The van der Waals surface area contributed by atoms with Crippen LogP contribution in [0.25, 0.3) is 0 Å². The first-order valence-corrected chi connectivity index (χ1v) is 3.94. The van der Waals surface area contributed by atoms with Gasteiger partial charge in [-0.15, -0.1) is 0 Å². The fourth-order valence-electron chi connectivity index (χ4n) is 0.298. The molecule has 9 heavy (non-hydrogen) atoms. The summed E-state index contributed by atoms with van der Waals surface area (Å²) < 4.78 is 0. The molecule has 0 unspecified atom stereocenters. The molecule has 0 fully saturated rings. The molecular formula is C7H13NS. The minimum Gasteiger partial charge on any atom is -0.289 e. The molecule has 0 bridgehead atoms. The van der Waals surface area contributed by atoms with E-state index in [4.69, 9.17) is 0 Å². The van der Waals surface area contributed by atoms with Crippen molar-refractivity contribution >= 4 is 17.3 Å². The second kappa shape index (κ2) is 5.89. The predicted octanol–water partition coefficient (Wildman–Crippen LogP) is 2.55. The van der Waals surface area contributed by atoms with Crippen LogP contribution >= 0.6 is 11.8 Å². The third kappa shape index (κ3) is 7.76. The summed E-state index contributed by atoms with van der Waals surface area (Å²) in [7, 11) is 1.77. The van der Waals surface area contributed by atoms with Gasteiger partial charge in [-0.1, -0.05) is 31.7 Å². The maximum Gasteiger partial charge on any atom is 0.0579 e. The fourth-order valence-corrected chi connectivity index (χ4v) is 0.895. The zero-order valence-electron chi connectivity index (χ0n) is 6.16. The summed E-state index contributed by atoms with van der Waals surface area (Å²) in [5, 5.41) is 2.05. The Hall–Kier alpha value is -0.240. The van der Waals surface area contributed by atoms with Crippen molar-refractivity contribution < 1.29 is 0 Å². The van der Waals surface area contributed by atoms with E-state index in [9.17, 15) is 0 Å². The van der Waals surface area contributed by atoms with Crippen LogP contribution < -0.4 is 0 Å². The number of rotatable bonds is 3. The second-order valence-electron chi connectivity index (χ2n) is 2.07. The largest absolute Gasteiger partial charge is 0.289 e. The summed E-state index contributed by atoms with van der Waals surface area (Å²) in [6.07, 6.45) is 2.15. The maximum atomic E-state index is 3.82. The van der Waals surface area contributed by atoms with Crippen LogP contribution in [0.3, 0.4) is 0 Å². The van der Waals surface area contributed by atoms with Crippen molar-refractivity contribution in [3.8, 4) is 0 Å². The van der Waals surface area contributed by atoms with Crippen LogP contribution in [-0.4, -0.2) is 12.6 Å². The molecule has 2 heteroatoms. The van der Waals surface area contributed by atoms with Crippen molar-refractivity contribution in [2.24, 2.45) is 10.9 Å². The van der Waals surface area contributed by atoms with Crippen molar-refractivity contribution in [1.82, 2.24) is 0 Å². The van der Waals surface area contributed by atoms with E-state index in [1.54, 1.807) is 18.8 Å². The van der Waals surface area contributed by atoms with Gasteiger partial charge in [-0.05, 0) is 11.3 Å². The van der Waals surface area contributed by atoms with Gasteiger partial charge in [0.25, 0.3) is 0 Å². The lowest BCUT2D eigenvalue weighted by Crippen LogP contribution is -1.74. The van der Waals surface area contributed by atoms with Crippen LogP contribution in [0, 0.1) is 5.92 Å². The summed E-state index contributed by atoms with van der Waals surface area (Å²) >= 11 is 1.61. The Kier molecular flexibility index (Phi) is 5.73. The highest BCUT2D eigenvalue weighted by molar-refractivity contribution is 8.14. The van der Waals surface area contributed by atoms with Gasteiger partial charge in [-0.3, -0.25) is 4.99 Å². The molecule has 1 nitrogen and oxygen atoms in total. The Bertz CT molecular complexity index is 105. The lowest BCUT2D eigenvalue weighted by atomic mass is 10.2. The standard InChI is InChI=1S/C7H13NS/c1-7(2)4-5-9-6-8-3/h4-7H,1-3H3/b5-4+,8-6-. The van der Waals surface area contributed by atoms with Gasteiger partial charge in [0, 0.05) is 7.05 Å². The van der Waals surface area contributed by atoms with E-state index >= 15 is 0 Å². The zero-order valence-corrected chi connectivity index (χ0v) is 6.98. The molecule has 0 heterocycles. The van der Waals surface area contributed by atoms with Crippen LogP contribution in [0.1, 0.15) is 13.8 Å². The molecule has 0 aromatic rings. The van der Waals surface area contributed by atoms with E-state index in [1.807, 2.05) is 5.55 Å². The first kappa shape index (κ1) is 8.76. The van der Waals surface area contributed by atoms with Crippen LogP contribution in [0.15, 0.2) is 16.5 Å². The normalized spacial score (nSPS) is 12.4. The van der Waals surface area contributed by atoms with E-state index in [1.165, 1.54) is 0 Å². The minimum absolute atomic E-state index is 0.641. The molecule has 0 radical (unpaired) electrons. The molecule has 0 atom stereocenters. The highest BCUT2D eigenvalue weighted by Gasteiger charge is 1.80. The van der Waals surface area contributed by atoms with Crippen molar-refractivity contribution in [2.45, 2.75) is 13.8 Å². The van der Waals surface area contributed by atoms with Gasteiger partial charge in [0.15, 0.2) is 0 Å². The lowest BCUT2D eigenvalue weighted by Gasteiger charge is -1.89. The Morgan fingerprint density at radius 1 is 1.44 bits per heavy atom. The molecular weight excluding hydrogens is 130 g/mol. The number of allylic oxidation sites excluding steroid dienone is 1. The van der Waals surface area contributed by atoms with Gasteiger partial charge in [-0.2, -0.15) is 0 Å². The van der Waals surface area contributed by atoms with E-state index in [0.717, 1.165) is 0 Å². The second-order valence-corrected chi connectivity index (χ2v) is 2.83. The van der Waals surface area contributed by atoms with E-state index in [0.29, 0.717) is 5.92 Å². The van der Waals surface area contributed by atoms with Gasteiger partial charge >= 0.3 is 0 Å². The zero-order chi connectivity index (χ0) is 7.11. The van der Waals surface area contributed by atoms with E-state index < -0.39 is 0 Å². The number of hydrogen-bond donors (Lipinski definition) is 0. The average molecular weight is 143 g/mol. The van der Waals surface area contributed by atoms with Gasteiger partial charge in [0.05, 0.1) is 5.55 Å². The third-order valence-corrected chi connectivity index (χ3v) is 1.36. The Morgan fingerprint density at radius 2 is 2.11 bits per heavy atom. The van der Waals surface area contributed by atoms with Crippen LogP contribution in [0.4, 0.5) is 0 Å². The summed E-state index contributed by atoms with van der Waals surface area (Å²) in [5.74, 6) is 0.641. The van der Waals surface area contributed by atoms with Gasteiger partial charge in [0.2, 0.25) is 0 Å². The maximum absolute atomic E-state index is 3.82. The highest BCUT2D eigenvalue weighted by Crippen LogP contribution is 2.01. The van der Waals surface area contributed by atoms with Crippen molar-refractivity contribution in [2.75, 3.05) is 7.05 Å². The topological polar surface area (TPSA) is 12.4 Å². The summed E-state index contributed by atoms with van der Waals surface area (Å²) in [4.78, 5) is 3.82. The smallest absolute Gasteiger partial charge is 0.0579 e. The molecule has 0 aliphatic heterocycles. The quantitative estimate of drug-likeness (QED) is 0.437. The van der Waals surface area contributed by atoms with Crippen LogP contribution in [-0.2, 0) is 0 Å². The van der Waals surface area contributed by atoms with Gasteiger partial charge < -0.3 is 0 Å². The molecule has 0 saturated heterocycles. The lowest BCUT2D eigenvalue weighted by molar-refractivity contribution is 0.834. The number of hydrogen-bond acceptors (Lipinski definition) is 2. The molecule has 0 aliphatic rings. The SMILES string of the molecule is C/N=C\S/C=C/C(C)C. The number of nitrogens with zero attached hydrogens (tertiary/aromatic N) is 1. The number of thioether (sulfide) groups is 1. The first-order valence-electron chi connectivity index (χ1n) is 3.00. The van der Waals surface area contributed by atoms with E-state index in [2.05, 4.69) is 30.3 Å². The van der Waals surface area contributed by atoms with Crippen molar-refractivity contribution in [3.63, 3.8) is 0 Å². The Morgan fingerprint density at radius 3 is 2.56 bits per heavy atom. The van der Waals surface area contributed by atoms with Crippen LogP contribution in [0.2, 0.25) is 0 Å². The molecule has 0 aromatic heterocycles. The van der Waals surface area contributed by atoms with Crippen LogP contribution in [0.5, 0.6) is 0 Å². The summed E-state index contributed by atoms with van der Waals surface area (Å²) in [6.45, 7) is 4.31. The monoisotopic (exact) mass is 143 g/mol. The number of aliphatic imine (C=N–C) groups is 1. The first-order chi connectivity index (χ1) is 4.27. The van der Waals surface area contributed by atoms with Gasteiger partial charge in [-0.25, -0.2) is 0 Å². The average Bonchev–Trinajstić information content (AvgIpc) is 1.80. The highest BCUT2D eigenvalue weighted by atomic mass is 32.2. The van der Waals surface area contributed by atoms with Crippen molar-refractivity contribution in [3.05, 3.63) is 11.5 Å². The molecule has 0 spiro atoms. The molecule has 0 saturated carbocycles. The molecule has 0 aromatic carbocycles. The molecule has 0 N–H and O–H groups in total. The molecule has 0 aliphatic carbocycles. The minimum atomic E-state index is 0.641. The third-order valence-electron chi connectivity index (χ3n) is 0.708. The molecule has 52 valence electrons. The molecule has 0 amide bonds. The fraction of sp³-hybridized carbons (Fsp3) is 0.571. The van der Waals surface area contributed by atoms with Crippen molar-refractivity contribution in [1.29, 1.82) is 0 Å².